The molecule has 1 heterocycles. The minimum atomic E-state index is -0.523. The zero-order chi connectivity index (χ0) is 13.1. The Bertz CT molecular complexity index is 269. The summed E-state index contributed by atoms with van der Waals surface area (Å²) in [4.78, 5) is 11.7. The monoisotopic (exact) mass is 280 g/mol. The Hall–Kier alpha value is -0.360. The molecule has 3 unspecified atom stereocenters. The molecule has 1 aliphatic rings. The molecule has 0 saturated carbocycles. The third kappa shape index (κ3) is 6.54. The second kappa shape index (κ2) is 7.28. The van der Waals surface area contributed by atoms with Gasteiger partial charge in [-0.3, -0.25) is 4.79 Å². The molecule has 0 aromatic carbocycles. The number of rotatable bonds is 4. The number of aliphatic hydroxyl groups is 2. The molecule has 1 fully saturated rings. The Morgan fingerprint density at radius 3 is 2.56 bits per heavy atom. The third-order valence-corrected chi connectivity index (χ3v) is 2.78. The number of hydrogen-bond acceptors (Lipinski definition) is 4. The van der Waals surface area contributed by atoms with Crippen molar-refractivity contribution < 1.29 is 15.0 Å². The number of halogens is 1. The zero-order valence-electron chi connectivity index (χ0n) is 11.3. The first-order valence-electron chi connectivity index (χ1n) is 6.15. The fourth-order valence-corrected chi connectivity index (χ4v) is 2.04. The van der Waals surface area contributed by atoms with Gasteiger partial charge in [0.25, 0.3) is 0 Å². The predicted octanol–water partition coefficient (Wildman–Crippen LogP) is 0.0443. The van der Waals surface area contributed by atoms with Crippen LogP contribution in [0.5, 0.6) is 0 Å². The maximum atomic E-state index is 11.7. The SMILES string of the molecule is CC(C)(C)CC(O)CNC(=O)C1CC(O)CN1.Cl. The van der Waals surface area contributed by atoms with Crippen LogP contribution in [0.25, 0.3) is 0 Å². The second-order valence-electron chi connectivity index (χ2n) is 6.01. The normalized spacial score (nSPS) is 25.4. The second-order valence-corrected chi connectivity index (χ2v) is 6.01. The van der Waals surface area contributed by atoms with E-state index < -0.39 is 12.2 Å². The molecule has 1 amide bonds. The van der Waals surface area contributed by atoms with Crippen LogP contribution < -0.4 is 10.6 Å². The number of aliphatic hydroxyl groups excluding tert-OH is 2. The molecular weight excluding hydrogens is 256 g/mol. The minimum Gasteiger partial charge on any atom is -0.392 e. The van der Waals surface area contributed by atoms with Gasteiger partial charge in [0, 0.05) is 13.1 Å². The van der Waals surface area contributed by atoms with E-state index >= 15 is 0 Å². The van der Waals surface area contributed by atoms with E-state index in [0.29, 0.717) is 19.4 Å². The fourth-order valence-electron chi connectivity index (χ4n) is 2.04. The van der Waals surface area contributed by atoms with Gasteiger partial charge in [-0.15, -0.1) is 12.4 Å². The molecule has 5 nitrogen and oxygen atoms in total. The van der Waals surface area contributed by atoms with Crippen molar-refractivity contribution in [1.82, 2.24) is 10.6 Å². The highest BCUT2D eigenvalue weighted by molar-refractivity contribution is 5.85. The van der Waals surface area contributed by atoms with Crippen molar-refractivity contribution in [3.63, 3.8) is 0 Å². The number of hydrogen-bond donors (Lipinski definition) is 4. The molecule has 1 saturated heterocycles. The van der Waals surface area contributed by atoms with Crippen LogP contribution in [0.3, 0.4) is 0 Å². The molecule has 0 spiro atoms. The standard InChI is InChI=1S/C12H24N2O3.ClH/c1-12(2,3)5-9(16)7-14-11(17)10-4-8(15)6-13-10;/h8-10,13,15-16H,4-7H2,1-3H3,(H,14,17);1H. The Labute approximate surface area is 115 Å². The quantitative estimate of drug-likeness (QED) is 0.586. The van der Waals surface area contributed by atoms with E-state index in [4.69, 9.17) is 0 Å². The Morgan fingerprint density at radius 1 is 1.50 bits per heavy atom. The average molecular weight is 281 g/mol. The molecular formula is C12H25ClN2O3. The molecule has 0 aromatic rings. The topological polar surface area (TPSA) is 81.6 Å². The molecule has 0 aliphatic carbocycles. The van der Waals surface area contributed by atoms with Gasteiger partial charge in [0.1, 0.15) is 0 Å². The summed E-state index contributed by atoms with van der Waals surface area (Å²) >= 11 is 0. The summed E-state index contributed by atoms with van der Waals surface area (Å²) in [5, 5.41) is 24.7. The maximum Gasteiger partial charge on any atom is 0.237 e. The highest BCUT2D eigenvalue weighted by Crippen LogP contribution is 2.20. The van der Waals surface area contributed by atoms with E-state index in [9.17, 15) is 15.0 Å². The van der Waals surface area contributed by atoms with Crippen LogP contribution >= 0.6 is 12.4 Å². The van der Waals surface area contributed by atoms with Gasteiger partial charge < -0.3 is 20.8 Å². The predicted molar refractivity (Wildman–Crippen MR) is 72.8 cm³/mol. The largest absolute Gasteiger partial charge is 0.392 e. The summed E-state index contributed by atoms with van der Waals surface area (Å²) in [7, 11) is 0. The van der Waals surface area contributed by atoms with Crippen molar-refractivity contribution in [2.75, 3.05) is 13.1 Å². The van der Waals surface area contributed by atoms with Crippen LogP contribution in [-0.4, -0.2) is 47.5 Å². The minimum absolute atomic E-state index is 0. The first kappa shape index (κ1) is 17.6. The molecule has 6 heteroatoms. The van der Waals surface area contributed by atoms with Crippen LogP contribution in [0, 0.1) is 5.41 Å². The van der Waals surface area contributed by atoms with Gasteiger partial charge in [0.2, 0.25) is 5.91 Å². The van der Waals surface area contributed by atoms with Gasteiger partial charge in [-0.05, 0) is 18.3 Å². The van der Waals surface area contributed by atoms with E-state index in [-0.39, 0.29) is 36.3 Å². The molecule has 18 heavy (non-hydrogen) atoms. The molecule has 1 aliphatic heterocycles. The van der Waals surface area contributed by atoms with Crippen molar-refractivity contribution in [2.24, 2.45) is 5.41 Å². The van der Waals surface area contributed by atoms with E-state index in [1.54, 1.807) is 0 Å². The van der Waals surface area contributed by atoms with Gasteiger partial charge in [-0.25, -0.2) is 0 Å². The van der Waals surface area contributed by atoms with Crippen LogP contribution in [0.2, 0.25) is 0 Å². The Kier molecular flexibility index (Phi) is 7.14. The van der Waals surface area contributed by atoms with Gasteiger partial charge >= 0.3 is 0 Å². The average Bonchev–Trinajstić information content (AvgIpc) is 2.58. The van der Waals surface area contributed by atoms with E-state index in [0.717, 1.165) is 0 Å². The van der Waals surface area contributed by atoms with Crippen LogP contribution in [-0.2, 0) is 4.79 Å². The van der Waals surface area contributed by atoms with Gasteiger partial charge in [-0.2, -0.15) is 0 Å². The first-order valence-corrected chi connectivity index (χ1v) is 6.15. The number of β-amino-alcohol motifs (C(OH)–C–C–N with tert-alkyl or cyclic N) is 1. The van der Waals surface area contributed by atoms with Crippen molar-refractivity contribution in [1.29, 1.82) is 0 Å². The lowest BCUT2D eigenvalue weighted by atomic mass is 9.89. The lowest BCUT2D eigenvalue weighted by Crippen LogP contribution is -2.43. The number of nitrogens with one attached hydrogen (secondary N) is 2. The summed E-state index contributed by atoms with van der Waals surface area (Å²) in [5.41, 5.74) is 0.0476. The number of amides is 1. The summed E-state index contributed by atoms with van der Waals surface area (Å²) in [6.07, 6.45) is 0.130. The maximum absolute atomic E-state index is 11.7. The molecule has 3 atom stereocenters. The molecule has 4 N–H and O–H groups in total. The molecule has 0 radical (unpaired) electrons. The van der Waals surface area contributed by atoms with Gasteiger partial charge in [0.05, 0.1) is 18.2 Å². The summed E-state index contributed by atoms with van der Waals surface area (Å²) in [5.74, 6) is -0.144. The molecule has 108 valence electrons. The molecule has 1 rings (SSSR count). The van der Waals surface area contributed by atoms with Crippen LogP contribution in [0.1, 0.15) is 33.6 Å². The highest BCUT2D eigenvalue weighted by Gasteiger charge is 2.28. The molecule has 0 bridgehead atoms. The smallest absolute Gasteiger partial charge is 0.237 e. The summed E-state index contributed by atoms with van der Waals surface area (Å²) in [6.45, 7) is 6.87. The number of carbonyl (C=O) groups is 1. The van der Waals surface area contributed by atoms with Crippen molar-refractivity contribution in [2.45, 2.75) is 51.9 Å². The lowest BCUT2D eigenvalue weighted by Gasteiger charge is -2.23. The van der Waals surface area contributed by atoms with Crippen LogP contribution in [0.15, 0.2) is 0 Å². The van der Waals surface area contributed by atoms with Crippen molar-refractivity contribution >= 4 is 18.3 Å². The Morgan fingerprint density at radius 2 is 2.11 bits per heavy atom. The third-order valence-electron chi connectivity index (χ3n) is 2.78. The van der Waals surface area contributed by atoms with E-state index in [1.807, 2.05) is 20.8 Å². The van der Waals surface area contributed by atoms with Gasteiger partial charge in [-0.1, -0.05) is 20.8 Å². The summed E-state index contributed by atoms with van der Waals surface area (Å²) < 4.78 is 0. The summed E-state index contributed by atoms with van der Waals surface area (Å²) in [6, 6.07) is -0.327. The molecule has 0 aromatic heterocycles. The van der Waals surface area contributed by atoms with Crippen molar-refractivity contribution in [3.8, 4) is 0 Å². The zero-order valence-corrected chi connectivity index (χ0v) is 12.1. The Balaban J connectivity index is 0.00000289. The fraction of sp³-hybridized carbons (Fsp3) is 0.917. The number of carbonyl (C=O) groups excluding carboxylic acids is 1. The van der Waals surface area contributed by atoms with Crippen molar-refractivity contribution in [3.05, 3.63) is 0 Å². The van der Waals surface area contributed by atoms with Gasteiger partial charge in [0.15, 0.2) is 0 Å². The van der Waals surface area contributed by atoms with Crippen LogP contribution in [0.4, 0.5) is 0 Å². The first-order chi connectivity index (χ1) is 7.78. The van der Waals surface area contributed by atoms with E-state index in [1.165, 1.54) is 0 Å². The lowest BCUT2D eigenvalue weighted by molar-refractivity contribution is -0.123. The van der Waals surface area contributed by atoms with E-state index in [2.05, 4.69) is 10.6 Å². The highest BCUT2D eigenvalue weighted by atomic mass is 35.5.